The Morgan fingerprint density at radius 2 is 2.14 bits per heavy atom. The van der Waals surface area contributed by atoms with Crippen LogP contribution in [-0.4, -0.2) is 32.9 Å². The van der Waals surface area contributed by atoms with E-state index in [2.05, 4.69) is 4.74 Å². The molecule has 1 aliphatic carbocycles. The lowest BCUT2D eigenvalue weighted by Crippen LogP contribution is -2.47. The number of halogens is 2. The fraction of sp³-hybridized carbons (Fsp3) is 0.857. The minimum atomic E-state index is -3.85. The van der Waals surface area contributed by atoms with Crippen molar-refractivity contribution in [1.29, 1.82) is 0 Å². The van der Waals surface area contributed by atoms with E-state index in [1.807, 2.05) is 0 Å². The van der Waals surface area contributed by atoms with Gasteiger partial charge in [0, 0.05) is 10.7 Å². The maximum absolute atomic E-state index is 13.5. The Kier molecular flexibility index (Phi) is 3.06. The smallest absolute Gasteiger partial charge is 0.308 e. The highest BCUT2D eigenvalue weighted by molar-refractivity contribution is 8.13. The molecular weight excluding hydrogens is 235 g/mol. The number of methoxy groups -OCH3 is 1. The molecule has 0 aromatic carbocycles. The van der Waals surface area contributed by atoms with Crippen molar-refractivity contribution in [3.8, 4) is 0 Å². The first kappa shape index (κ1) is 11.7. The van der Waals surface area contributed by atoms with Crippen LogP contribution in [0.3, 0.4) is 0 Å². The van der Waals surface area contributed by atoms with Crippen molar-refractivity contribution in [3.63, 3.8) is 0 Å². The predicted molar refractivity (Wildman–Crippen MR) is 48.2 cm³/mol. The first-order valence-corrected chi connectivity index (χ1v) is 6.43. The van der Waals surface area contributed by atoms with Crippen LogP contribution < -0.4 is 0 Å². The zero-order valence-corrected chi connectivity index (χ0v) is 9.07. The lowest BCUT2D eigenvalue weighted by molar-refractivity contribution is -0.154. The van der Waals surface area contributed by atoms with E-state index in [4.69, 9.17) is 10.7 Å². The van der Waals surface area contributed by atoms with Gasteiger partial charge in [-0.05, 0) is 12.8 Å². The van der Waals surface area contributed by atoms with E-state index in [9.17, 15) is 17.6 Å². The number of rotatable bonds is 3. The van der Waals surface area contributed by atoms with Gasteiger partial charge in [0.25, 0.3) is 0 Å². The molecule has 0 unspecified atom stereocenters. The summed E-state index contributed by atoms with van der Waals surface area (Å²) in [5.74, 6) is -1.79. The summed E-state index contributed by atoms with van der Waals surface area (Å²) in [6, 6.07) is 0. The van der Waals surface area contributed by atoms with E-state index in [1.54, 1.807) is 0 Å². The first-order chi connectivity index (χ1) is 6.26. The molecule has 0 saturated heterocycles. The molecule has 0 amide bonds. The molecule has 0 N–H and O–H groups in total. The Balaban J connectivity index is 2.50. The van der Waals surface area contributed by atoms with Crippen molar-refractivity contribution in [2.45, 2.75) is 18.5 Å². The molecule has 4 nitrogen and oxygen atoms in total. The van der Waals surface area contributed by atoms with Crippen LogP contribution in [-0.2, 0) is 18.6 Å². The molecule has 0 aromatic heterocycles. The summed E-state index contributed by atoms with van der Waals surface area (Å²) in [6.07, 6.45) is -0.267. The van der Waals surface area contributed by atoms with Crippen molar-refractivity contribution in [3.05, 3.63) is 0 Å². The summed E-state index contributed by atoms with van der Waals surface area (Å²) in [5.41, 5.74) is -1.86. The van der Waals surface area contributed by atoms with Gasteiger partial charge in [0.05, 0.1) is 18.8 Å². The van der Waals surface area contributed by atoms with Gasteiger partial charge in [-0.15, -0.1) is 0 Å². The van der Waals surface area contributed by atoms with Crippen LogP contribution in [0.4, 0.5) is 4.39 Å². The maximum Gasteiger partial charge on any atom is 0.308 e. The van der Waals surface area contributed by atoms with Crippen LogP contribution >= 0.6 is 10.7 Å². The molecule has 0 aromatic rings. The van der Waals surface area contributed by atoms with Crippen LogP contribution in [0.25, 0.3) is 0 Å². The second-order valence-corrected chi connectivity index (χ2v) is 6.24. The quantitative estimate of drug-likeness (QED) is 0.545. The molecule has 1 aliphatic rings. The maximum atomic E-state index is 13.5. The minimum absolute atomic E-state index is 0.133. The van der Waals surface area contributed by atoms with Gasteiger partial charge in [0.2, 0.25) is 9.05 Å². The Bertz CT molecular complexity index is 334. The minimum Gasteiger partial charge on any atom is -0.469 e. The third kappa shape index (κ3) is 2.81. The first-order valence-electron chi connectivity index (χ1n) is 3.95. The average molecular weight is 245 g/mol. The van der Waals surface area contributed by atoms with Gasteiger partial charge in [-0.25, -0.2) is 12.8 Å². The van der Waals surface area contributed by atoms with E-state index in [1.165, 1.54) is 7.11 Å². The van der Waals surface area contributed by atoms with Gasteiger partial charge in [-0.1, -0.05) is 0 Å². The molecule has 0 radical (unpaired) electrons. The number of hydrogen-bond donors (Lipinski definition) is 0. The third-order valence-corrected chi connectivity index (χ3v) is 3.38. The zero-order valence-electron chi connectivity index (χ0n) is 7.50. The molecule has 1 saturated carbocycles. The van der Waals surface area contributed by atoms with Gasteiger partial charge in [0.15, 0.2) is 0 Å². The summed E-state index contributed by atoms with van der Waals surface area (Å²) >= 11 is 0. The van der Waals surface area contributed by atoms with E-state index < -0.39 is 32.4 Å². The Morgan fingerprint density at radius 3 is 2.50 bits per heavy atom. The molecule has 0 spiro atoms. The van der Waals surface area contributed by atoms with Crippen LogP contribution in [0.1, 0.15) is 12.8 Å². The summed E-state index contributed by atoms with van der Waals surface area (Å²) in [6.45, 7) is 0. The Hall–Kier alpha value is -0.360. The second-order valence-electron chi connectivity index (χ2n) is 3.46. The van der Waals surface area contributed by atoms with Gasteiger partial charge in [-0.3, -0.25) is 4.79 Å². The Morgan fingerprint density at radius 1 is 1.64 bits per heavy atom. The monoisotopic (exact) mass is 244 g/mol. The van der Waals surface area contributed by atoms with Crippen LogP contribution in [0.5, 0.6) is 0 Å². The fourth-order valence-corrected chi connectivity index (χ4v) is 3.02. The number of alkyl halides is 1. The van der Waals surface area contributed by atoms with Gasteiger partial charge < -0.3 is 4.74 Å². The van der Waals surface area contributed by atoms with Crippen molar-refractivity contribution in [2.24, 2.45) is 5.92 Å². The number of ether oxygens (including phenoxy) is 1. The van der Waals surface area contributed by atoms with Gasteiger partial charge in [0.1, 0.15) is 5.67 Å². The van der Waals surface area contributed by atoms with Crippen molar-refractivity contribution < 1.29 is 22.3 Å². The summed E-state index contributed by atoms with van der Waals surface area (Å²) in [4.78, 5) is 10.9. The topological polar surface area (TPSA) is 60.4 Å². The molecule has 1 rings (SSSR count). The number of hydrogen-bond acceptors (Lipinski definition) is 4. The highest BCUT2D eigenvalue weighted by Gasteiger charge is 2.50. The largest absolute Gasteiger partial charge is 0.469 e. The van der Waals surface area contributed by atoms with Crippen LogP contribution in [0.15, 0.2) is 0 Å². The molecule has 1 fully saturated rings. The standard InChI is InChI=1S/C7H10ClFO4S/c1-13-6(10)5-2-7(9,3-5)4-14(8,11)12/h5H,2-4H2,1H3. The average Bonchev–Trinajstić information content (AvgIpc) is 1.95. The van der Waals surface area contributed by atoms with Crippen molar-refractivity contribution in [2.75, 3.05) is 12.9 Å². The van der Waals surface area contributed by atoms with Crippen LogP contribution in [0, 0.1) is 5.92 Å². The summed E-state index contributed by atoms with van der Waals surface area (Å²) < 4.78 is 39.1. The molecule has 0 aliphatic heterocycles. The molecule has 0 heterocycles. The number of carbonyl (C=O) groups excluding carboxylic acids is 1. The molecular formula is C7H10ClFO4S. The predicted octanol–water partition coefficient (Wildman–Crippen LogP) is 0.846. The van der Waals surface area contributed by atoms with E-state index in [0.717, 1.165) is 0 Å². The molecule has 0 atom stereocenters. The summed E-state index contributed by atoms with van der Waals surface area (Å²) in [5, 5.41) is 0. The fourth-order valence-electron chi connectivity index (χ4n) is 1.58. The lowest BCUT2D eigenvalue weighted by Gasteiger charge is -2.38. The summed E-state index contributed by atoms with van der Waals surface area (Å²) in [7, 11) is 2.26. The highest BCUT2D eigenvalue weighted by atomic mass is 35.7. The van der Waals surface area contributed by atoms with E-state index >= 15 is 0 Å². The van der Waals surface area contributed by atoms with Gasteiger partial charge >= 0.3 is 5.97 Å². The third-order valence-electron chi connectivity index (χ3n) is 2.19. The Labute approximate surface area is 85.8 Å². The van der Waals surface area contributed by atoms with E-state index in [0.29, 0.717) is 0 Å². The SMILES string of the molecule is COC(=O)C1CC(F)(CS(=O)(=O)Cl)C1. The highest BCUT2D eigenvalue weighted by Crippen LogP contribution is 2.43. The molecule has 82 valence electrons. The normalized spacial score (nSPS) is 32.1. The van der Waals surface area contributed by atoms with Gasteiger partial charge in [-0.2, -0.15) is 0 Å². The van der Waals surface area contributed by atoms with Crippen molar-refractivity contribution in [1.82, 2.24) is 0 Å². The molecule has 0 bridgehead atoms. The molecule has 14 heavy (non-hydrogen) atoms. The zero-order chi connectivity index (χ0) is 11.0. The number of carbonyl (C=O) groups is 1. The van der Waals surface area contributed by atoms with Crippen LogP contribution in [0.2, 0.25) is 0 Å². The lowest BCUT2D eigenvalue weighted by atomic mass is 9.73. The van der Waals surface area contributed by atoms with E-state index in [-0.39, 0.29) is 12.8 Å². The second kappa shape index (κ2) is 3.66. The van der Waals surface area contributed by atoms with Crippen molar-refractivity contribution >= 4 is 25.7 Å². The number of esters is 1. The molecule has 7 heteroatoms.